The van der Waals surface area contributed by atoms with E-state index in [2.05, 4.69) is 5.73 Å². The number of carboxylic acid groups (broad SMARTS) is 1. The van der Waals surface area contributed by atoms with Crippen LogP contribution in [0.5, 0.6) is 0 Å². The van der Waals surface area contributed by atoms with Crippen molar-refractivity contribution in [3.63, 3.8) is 0 Å². The number of carbonyl (C=O) groups excluding carboxylic acids is 1. The fraction of sp³-hybridized carbons (Fsp3) is 0.308. The van der Waals surface area contributed by atoms with Gasteiger partial charge >= 0.3 is 6.18 Å². The van der Waals surface area contributed by atoms with Crippen molar-refractivity contribution in [1.82, 2.24) is 0 Å². The van der Waals surface area contributed by atoms with Crippen molar-refractivity contribution in [2.75, 3.05) is 6.54 Å². The summed E-state index contributed by atoms with van der Waals surface area (Å²) in [5.41, 5.74) is 3.58. The van der Waals surface area contributed by atoms with Crippen LogP contribution in [0.25, 0.3) is 0 Å². The van der Waals surface area contributed by atoms with Gasteiger partial charge in [0, 0.05) is 11.8 Å². The first-order valence-electron chi connectivity index (χ1n) is 6.24. The van der Waals surface area contributed by atoms with Crippen molar-refractivity contribution in [2.45, 2.75) is 23.6 Å². The number of hydrogen-bond acceptors (Lipinski definition) is 5. The summed E-state index contributed by atoms with van der Waals surface area (Å²) in [5.74, 6) is -3.01. The normalized spacial score (nSPS) is 13.3. The van der Waals surface area contributed by atoms with E-state index in [1.54, 1.807) is 18.2 Å². The molecule has 0 unspecified atom stereocenters. The lowest BCUT2D eigenvalue weighted by Crippen LogP contribution is -2.51. The van der Waals surface area contributed by atoms with Crippen LogP contribution in [0.1, 0.15) is 6.42 Å². The van der Waals surface area contributed by atoms with Crippen molar-refractivity contribution in [3.05, 3.63) is 41.8 Å². The van der Waals surface area contributed by atoms with Crippen molar-refractivity contribution in [2.24, 2.45) is 0 Å². The summed E-state index contributed by atoms with van der Waals surface area (Å²) >= 11 is 0. The molecule has 0 bridgehead atoms. The molecule has 4 N–H and O–H groups in total. The summed E-state index contributed by atoms with van der Waals surface area (Å²) in [6.45, 7) is 0.566. The highest BCUT2D eigenvalue weighted by Crippen LogP contribution is 2.12. The van der Waals surface area contributed by atoms with Crippen LogP contribution in [0.4, 0.5) is 13.2 Å². The first-order valence-corrected chi connectivity index (χ1v) is 7.79. The second kappa shape index (κ2) is 9.28. The lowest BCUT2D eigenvalue weighted by atomic mass is 10.2. The second-order valence-corrected chi connectivity index (χ2v) is 6.01. The van der Waals surface area contributed by atoms with Gasteiger partial charge in [-0.3, -0.25) is 0 Å². The lowest BCUT2D eigenvalue weighted by Gasteiger charge is -2.03. The molecule has 0 spiro atoms. The molecule has 0 aliphatic carbocycles. The molecule has 6 nitrogen and oxygen atoms in total. The molecule has 0 heterocycles. The van der Waals surface area contributed by atoms with E-state index in [1.807, 2.05) is 0 Å². The first kappa shape index (κ1) is 21.1. The molecule has 10 heteroatoms. The Hall–Kier alpha value is -1.91. The number of alkyl halides is 3. The Balaban J connectivity index is 0.000000585. The zero-order chi connectivity index (χ0) is 18.1. The average Bonchev–Trinajstić information content (AvgIpc) is 2.46. The summed E-state index contributed by atoms with van der Waals surface area (Å²) < 4.78 is 55.0. The maximum absolute atomic E-state index is 11.7. The molecule has 0 fully saturated rings. The van der Waals surface area contributed by atoms with Crippen LogP contribution in [0.2, 0.25) is 0 Å². The summed E-state index contributed by atoms with van der Waals surface area (Å²) in [6, 6.07) is 8.11. The van der Waals surface area contributed by atoms with Gasteiger partial charge in [-0.25, -0.2) is 8.42 Å². The summed E-state index contributed by atoms with van der Waals surface area (Å²) in [6.07, 6.45) is -4.20. The number of aliphatic hydroxyl groups excluding tert-OH is 1. The van der Waals surface area contributed by atoms with Crippen LogP contribution in [0.3, 0.4) is 0 Å². The van der Waals surface area contributed by atoms with Gasteiger partial charge in [0.1, 0.15) is 5.97 Å². The van der Waals surface area contributed by atoms with E-state index in [9.17, 15) is 26.7 Å². The van der Waals surface area contributed by atoms with Gasteiger partial charge < -0.3 is 20.7 Å². The van der Waals surface area contributed by atoms with Crippen LogP contribution >= 0.6 is 0 Å². The minimum Gasteiger partial charge on any atom is -0.542 e. The van der Waals surface area contributed by atoms with Crippen molar-refractivity contribution < 1.29 is 42.3 Å². The molecule has 0 amide bonds. The van der Waals surface area contributed by atoms with Gasteiger partial charge in [0.15, 0.2) is 9.84 Å². The average molecular weight is 355 g/mol. The second-order valence-electron chi connectivity index (χ2n) is 4.18. The maximum Gasteiger partial charge on any atom is 0.430 e. The third-order valence-corrected chi connectivity index (χ3v) is 3.73. The van der Waals surface area contributed by atoms with Crippen molar-refractivity contribution in [1.29, 1.82) is 0 Å². The molecule has 1 aromatic carbocycles. The van der Waals surface area contributed by atoms with Crippen LogP contribution in [-0.2, 0) is 14.6 Å². The number of carboxylic acids is 1. The van der Waals surface area contributed by atoms with Crippen LogP contribution in [0.15, 0.2) is 46.7 Å². The highest BCUT2D eigenvalue weighted by atomic mass is 32.2. The molecule has 0 aromatic heterocycles. The zero-order valence-electron chi connectivity index (χ0n) is 11.9. The van der Waals surface area contributed by atoms with E-state index in [1.165, 1.54) is 18.2 Å². The zero-order valence-corrected chi connectivity index (χ0v) is 12.7. The van der Waals surface area contributed by atoms with Gasteiger partial charge in [-0.15, -0.1) is 0 Å². The van der Waals surface area contributed by atoms with E-state index in [-0.39, 0.29) is 4.90 Å². The predicted octanol–water partition coefficient (Wildman–Crippen LogP) is -0.734. The van der Waals surface area contributed by atoms with Gasteiger partial charge in [-0.2, -0.15) is 13.2 Å². The molecule has 0 saturated heterocycles. The SMILES string of the molecule is O=C([O-])C(F)(F)F.[NH3+]CC[C@@H](O)/C=C/S(=O)(=O)c1ccccc1. The number of rotatable bonds is 5. The van der Waals surface area contributed by atoms with Gasteiger partial charge in [0.2, 0.25) is 0 Å². The molecule has 0 aliphatic rings. The Kier molecular flexibility index (Phi) is 8.51. The fourth-order valence-electron chi connectivity index (χ4n) is 1.19. The Morgan fingerprint density at radius 2 is 1.78 bits per heavy atom. The molecule has 0 radical (unpaired) electrons. The van der Waals surface area contributed by atoms with E-state index < -0.39 is 28.1 Å². The number of quaternary nitrogens is 1. The number of carbonyl (C=O) groups is 1. The van der Waals surface area contributed by atoms with E-state index in [4.69, 9.17) is 9.90 Å². The van der Waals surface area contributed by atoms with Gasteiger partial charge in [-0.05, 0) is 18.2 Å². The van der Waals surface area contributed by atoms with E-state index in [0.717, 1.165) is 5.41 Å². The molecule has 1 atom stereocenters. The molecule has 1 rings (SSSR count). The Labute approximate surface area is 131 Å². The highest BCUT2D eigenvalue weighted by molar-refractivity contribution is 7.94. The molecule has 1 aromatic rings. The Bertz CT molecular complexity index is 614. The third-order valence-electron chi connectivity index (χ3n) is 2.28. The number of benzene rings is 1. The topological polar surface area (TPSA) is 122 Å². The molecular weight excluding hydrogens is 339 g/mol. The van der Waals surface area contributed by atoms with E-state index >= 15 is 0 Å². The summed E-state index contributed by atoms with van der Waals surface area (Å²) in [5, 5.41) is 19.2. The molecule has 0 saturated carbocycles. The lowest BCUT2D eigenvalue weighted by molar-refractivity contribution is -0.370. The van der Waals surface area contributed by atoms with Crippen molar-refractivity contribution >= 4 is 15.8 Å². The molecule has 23 heavy (non-hydrogen) atoms. The number of aliphatic carboxylic acids is 1. The summed E-state index contributed by atoms with van der Waals surface area (Å²) in [4.78, 5) is 9.01. The maximum atomic E-state index is 11.7. The highest BCUT2D eigenvalue weighted by Gasteiger charge is 2.28. The smallest absolute Gasteiger partial charge is 0.430 e. The molecular formula is C13H16F3NO5S. The third kappa shape index (κ3) is 8.96. The quantitative estimate of drug-likeness (QED) is 0.721. The minimum atomic E-state index is -5.19. The minimum absolute atomic E-state index is 0.230. The van der Waals surface area contributed by atoms with Gasteiger partial charge in [0.25, 0.3) is 0 Å². The van der Waals surface area contributed by atoms with Crippen molar-refractivity contribution in [3.8, 4) is 0 Å². The molecule has 0 aliphatic heterocycles. The van der Waals surface area contributed by atoms with Crippen LogP contribution < -0.4 is 10.8 Å². The Morgan fingerprint density at radius 3 is 2.17 bits per heavy atom. The molecule has 130 valence electrons. The monoisotopic (exact) mass is 355 g/mol. The largest absolute Gasteiger partial charge is 0.542 e. The van der Waals surface area contributed by atoms with E-state index in [0.29, 0.717) is 13.0 Å². The number of hydrogen-bond donors (Lipinski definition) is 2. The van der Waals surface area contributed by atoms with Gasteiger partial charge in [-0.1, -0.05) is 18.2 Å². The fourth-order valence-corrected chi connectivity index (χ4v) is 2.27. The standard InChI is InChI=1S/C11H15NO3S.C2HF3O2/c12-8-6-10(13)7-9-16(14,15)11-4-2-1-3-5-11;3-2(4,5)1(6)7/h1-5,7,9-10,13H,6,8,12H2;(H,6,7)/b9-7+;/t10-;/m1./s1. The number of halogens is 3. The van der Waals surface area contributed by atoms with Crippen LogP contribution in [0, 0.1) is 0 Å². The number of aliphatic hydroxyl groups is 1. The summed E-state index contributed by atoms with van der Waals surface area (Å²) in [7, 11) is -3.43. The van der Waals surface area contributed by atoms with Gasteiger partial charge in [0.05, 0.1) is 17.5 Å². The number of sulfone groups is 1. The predicted molar refractivity (Wildman–Crippen MR) is 72.2 cm³/mol. The first-order chi connectivity index (χ1) is 10.5. The van der Waals surface area contributed by atoms with Crippen LogP contribution in [-0.4, -0.2) is 38.3 Å². The Morgan fingerprint density at radius 1 is 1.30 bits per heavy atom.